The highest BCUT2D eigenvalue weighted by molar-refractivity contribution is 5.71. The summed E-state index contributed by atoms with van der Waals surface area (Å²) in [6.45, 7) is 11.4. The Morgan fingerprint density at radius 3 is 0.950 bits per heavy atom. The van der Waals surface area contributed by atoms with E-state index in [0.29, 0.717) is 19.3 Å². The number of esters is 3. The Kier molecular flexibility index (Phi) is 45.7. The van der Waals surface area contributed by atoms with Gasteiger partial charge in [-0.05, 0) is 31.1 Å². The van der Waals surface area contributed by atoms with Crippen LogP contribution in [-0.2, 0) is 28.6 Å². The molecule has 0 radical (unpaired) electrons. The van der Waals surface area contributed by atoms with Crippen LogP contribution in [-0.4, -0.2) is 37.2 Å². The maximum Gasteiger partial charge on any atom is 0.306 e. The molecule has 0 aromatic carbocycles. The van der Waals surface area contributed by atoms with Gasteiger partial charge >= 0.3 is 17.9 Å². The summed E-state index contributed by atoms with van der Waals surface area (Å²) in [6.07, 6.45) is 48.0. The van der Waals surface area contributed by atoms with Crippen molar-refractivity contribution in [1.29, 1.82) is 0 Å². The molecule has 0 saturated heterocycles. The van der Waals surface area contributed by atoms with Crippen LogP contribution in [0.1, 0.15) is 298 Å². The van der Waals surface area contributed by atoms with Gasteiger partial charge in [0.05, 0.1) is 0 Å². The number of ether oxygens (including phenoxy) is 3. The minimum Gasteiger partial charge on any atom is -0.462 e. The molecule has 0 N–H and O–H groups in total. The molecule has 356 valence electrons. The lowest BCUT2D eigenvalue weighted by molar-refractivity contribution is -0.167. The maximum atomic E-state index is 12.8. The van der Waals surface area contributed by atoms with Crippen molar-refractivity contribution in [1.82, 2.24) is 0 Å². The van der Waals surface area contributed by atoms with Crippen LogP contribution in [0.3, 0.4) is 0 Å². The molecule has 0 aliphatic rings. The largest absolute Gasteiger partial charge is 0.462 e. The highest BCUT2D eigenvalue weighted by Crippen LogP contribution is 2.18. The molecule has 0 aromatic rings. The average Bonchev–Trinajstić information content (AvgIpc) is 3.23. The van der Waals surface area contributed by atoms with E-state index in [0.717, 1.165) is 69.6 Å². The van der Waals surface area contributed by atoms with Gasteiger partial charge in [0, 0.05) is 19.3 Å². The number of hydrogen-bond donors (Lipinski definition) is 0. The molecule has 0 rings (SSSR count). The van der Waals surface area contributed by atoms with E-state index in [9.17, 15) is 14.4 Å². The zero-order chi connectivity index (χ0) is 44.0. The van der Waals surface area contributed by atoms with E-state index in [1.54, 1.807) is 0 Å². The van der Waals surface area contributed by atoms with Gasteiger partial charge in [-0.3, -0.25) is 14.4 Å². The van der Waals surface area contributed by atoms with Crippen molar-refractivity contribution in [3.8, 4) is 0 Å². The van der Waals surface area contributed by atoms with Gasteiger partial charge in [0.15, 0.2) is 6.10 Å². The van der Waals surface area contributed by atoms with Crippen molar-refractivity contribution >= 4 is 17.9 Å². The number of hydrogen-bond acceptors (Lipinski definition) is 6. The van der Waals surface area contributed by atoms with E-state index < -0.39 is 6.10 Å². The first-order chi connectivity index (χ1) is 29.3. The second-order valence-corrected chi connectivity index (χ2v) is 19.2. The summed E-state index contributed by atoms with van der Waals surface area (Å²) in [6, 6.07) is 0. The molecule has 0 amide bonds. The summed E-state index contributed by atoms with van der Waals surface area (Å²) in [5, 5.41) is 0. The van der Waals surface area contributed by atoms with E-state index in [1.807, 2.05) is 0 Å². The molecule has 6 heteroatoms. The lowest BCUT2D eigenvalue weighted by Gasteiger charge is -2.18. The Morgan fingerprint density at radius 2 is 0.633 bits per heavy atom. The molecule has 60 heavy (non-hydrogen) atoms. The highest BCUT2D eigenvalue weighted by atomic mass is 16.6. The van der Waals surface area contributed by atoms with Crippen LogP contribution in [0.2, 0.25) is 0 Å². The molecular formula is C54H104O6. The third kappa shape index (κ3) is 45.9. The van der Waals surface area contributed by atoms with Crippen molar-refractivity contribution < 1.29 is 28.6 Å². The number of carbonyl (C=O) groups excluding carboxylic acids is 3. The van der Waals surface area contributed by atoms with Crippen LogP contribution in [0.4, 0.5) is 0 Å². The molecule has 0 heterocycles. The average molecular weight is 849 g/mol. The third-order valence-corrected chi connectivity index (χ3v) is 12.6. The number of carbonyl (C=O) groups is 3. The molecule has 2 atom stereocenters. The zero-order valence-electron chi connectivity index (χ0n) is 41.1. The molecule has 0 aromatic heterocycles. The summed E-state index contributed by atoms with van der Waals surface area (Å²) in [4.78, 5) is 37.9. The predicted octanol–water partition coefficient (Wildman–Crippen LogP) is 17.3. The first-order valence-electron chi connectivity index (χ1n) is 26.8. The van der Waals surface area contributed by atoms with Crippen molar-refractivity contribution in [2.75, 3.05) is 13.2 Å². The van der Waals surface area contributed by atoms with Gasteiger partial charge in [0.2, 0.25) is 0 Å². The summed E-state index contributed by atoms with van der Waals surface area (Å²) in [7, 11) is 0. The highest BCUT2D eigenvalue weighted by Gasteiger charge is 2.19. The van der Waals surface area contributed by atoms with Crippen molar-refractivity contribution in [3.63, 3.8) is 0 Å². The quantitative estimate of drug-likeness (QED) is 0.0345. The minimum absolute atomic E-state index is 0.0634. The van der Waals surface area contributed by atoms with Gasteiger partial charge in [-0.25, -0.2) is 0 Å². The zero-order valence-corrected chi connectivity index (χ0v) is 41.1. The minimum atomic E-state index is -0.761. The Labute approximate surface area is 374 Å². The summed E-state index contributed by atoms with van der Waals surface area (Å²) in [5.74, 6) is 0.874. The second kappa shape index (κ2) is 46.9. The maximum absolute atomic E-state index is 12.8. The van der Waals surface area contributed by atoms with E-state index in [2.05, 4.69) is 34.6 Å². The van der Waals surface area contributed by atoms with Crippen molar-refractivity contribution in [2.45, 2.75) is 304 Å². The molecule has 0 aliphatic heterocycles. The van der Waals surface area contributed by atoms with E-state index >= 15 is 0 Å². The molecule has 0 fully saturated rings. The van der Waals surface area contributed by atoms with Crippen LogP contribution in [0.25, 0.3) is 0 Å². The van der Waals surface area contributed by atoms with Gasteiger partial charge < -0.3 is 14.2 Å². The second-order valence-electron chi connectivity index (χ2n) is 19.2. The monoisotopic (exact) mass is 849 g/mol. The number of rotatable bonds is 48. The summed E-state index contributed by atoms with van der Waals surface area (Å²) >= 11 is 0. The molecule has 6 nitrogen and oxygen atoms in total. The first kappa shape index (κ1) is 58.4. The Balaban J connectivity index is 4.26. The molecule has 0 saturated carbocycles. The van der Waals surface area contributed by atoms with Gasteiger partial charge in [0.25, 0.3) is 0 Å². The van der Waals surface area contributed by atoms with Gasteiger partial charge in [0.1, 0.15) is 13.2 Å². The van der Waals surface area contributed by atoms with Gasteiger partial charge in [-0.2, -0.15) is 0 Å². The third-order valence-electron chi connectivity index (χ3n) is 12.6. The van der Waals surface area contributed by atoms with E-state index in [4.69, 9.17) is 14.2 Å². The molecule has 0 bridgehead atoms. The fraction of sp³-hybridized carbons (Fsp3) is 0.944. The van der Waals surface area contributed by atoms with Crippen LogP contribution in [0, 0.1) is 11.8 Å². The van der Waals surface area contributed by atoms with Crippen LogP contribution in [0.15, 0.2) is 0 Å². The predicted molar refractivity (Wildman–Crippen MR) is 256 cm³/mol. The fourth-order valence-electron chi connectivity index (χ4n) is 8.13. The SMILES string of the molecule is CCCCCCCCCCCCC(=O)OC[C@H](COC(=O)CCCCCCCCCCCCCCCCC(C)CC)OC(=O)CCCCCCCCCCCCCC(C)C. The normalized spacial score (nSPS) is 12.5. The summed E-state index contributed by atoms with van der Waals surface area (Å²) in [5.41, 5.74) is 0. The van der Waals surface area contributed by atoms with Crippen molar-refractivity contribution in [3.05, 3.63) is 0 Å². The van der Waals surface area contributed by atoms with Crippen LogP contribution < -0.4 is 0 Å². The van der Waals surface area contributed by atoms with Crippen LogP contribution in [0.5, 0.6) is 0 Å². The van der Waals surface area contributed by atoms with Gasteiger partial charge in [-0.15, -0.1) is 0 Å². The lowest BCUT2D eigenvalue weighted by Crippen LogP contribution is -2.30. The molecule has 0 spiro atoms. The molecule has 0 aliphatic carbocycles. The Hall–Kier alpha value is -1.59. The lowest BCUT2D eigenvalue weighted by atomic mass is 9.99. The molecule has 1 unspecified atom stereocenters. The summed E-state index contributed by atoms with van der Waals surface area (Å²) < 4.78 is 16.8. The Bertz CT molecular complexity index is 918. The Morgan fingerprint density at radius 1 is 0.350 bits per heavy atom. The van der Waals surface area contributed by atoms with E-state index in [-0.39, 0.29) is 31.1 Å². The topological polar surface area (TPSA) is 78.9 Å². The smallest absolute Gasteiger partial charge is 0.306 e. The molecular weight excluding hydrogens is 745 g/mol. The van der Waals surface area contributed by atoms with Crippen LogP contribution >= 0.6 is 0 Å². The van der Waals surface area contributed by atoms with E-state index in [1.165, 1.54) is 186 Å². The standard InChI is InChI=1S/C54H104O6/c1-6-8-9-10-11-12-24-29-34-39-44-52(55)58-47-51(60-54(57)46-41-36-31-26-21-17-18-22-27-32-37-42-49(3)4)48-59-53(56)45-40-35-30-25-20-16-14-13-15-19-23-28-33-38-43-50(5)7-2/h49-51H,6-48H2,1-5H3/t50?,51-/m1/s1. The fourth-order valence-corrected chi connectivity index (χ4v) is 8.13. The van der Waals surface area contributed by atoms with Crippen molar-refractivity contribution in [2.24, 2.45) is 11.8 Å². The number of unbranched alkanes of at least 4 members (excludes halogenated alkanes) is 32. The first-order valence-corrected chi connectivity index (χ1v) is 26.8. The van der Waals surface area contributed by atoms with Gasteiger partial charge in [-0.1, -0.05) is 259 Å².